The Labute approximate surface area is 175 Å². The molecule has 2 heterocycles. The van der Waals surface area contributed by atoms with Crippen LogP contribution < -0.4 is 11.1 Å². The van der Waals surface area contributed by atoms with Crippen molar-refractivity contribution in [1.29, 1.82) is 0 Å². The number of carbonyl (C=O) groups is 1. The lowest BCUT2D eigenvalue weighted by atomic mass is 9.90. The third-order valence-electron chi connectivity index (χ3n) is 5.98. The van der Waals surface area contributed by atoms with E-state index < -0.39 is 0 Å². The highest BCUT2D eigenvalue weighted by atomic mass is 16.5. The molecule has 6 heteroatoms. The Kier molecular flexibility index (Phi) is 10.4. The number of rotatable bonds is 9. The van der Waals surface area contributed by atoms with Crippen LogP contribution in [-0.4, -0.2) is 55.1 Å². The Morgan fingerprint density at radius 3 is 2.76 bits per heavy atom. The van der Waals surface area contributed by atoms with Crippen molar-refractivity contribution in [3.8, 4) is 0 Å². The molecule has 2 aliphatic rings. The van der Waals surface area contributed by atoms with Crippen LogP contribution in [0.3, 0.4) is 0 Å². The van der Waals surface area contributed by atoms with E-state index >= 15 is 0 Å². The van der Waals surface area contributed by atoms with Gasteiger partial charge in [-0.3, -0.25) is 4.79 Å². The molecular weight excluding hydrogens is 368 g/mol. The topological polar surface area (TPSA) is 93.8 Å². The van der Waals surface area contributed by atoms with Crippen LogP contribution in [0.15, 0.2) is 23.8 Å². The van der Waals surface area contributed by atoms with E-state index in [1.165, 1.54) is 12.0 Å². The van der Waals surface area contributed by atoms with Gasteiger partial charge in [-0.2, -0.15) is 0 Å². The summed E-state index contributed by atoms with van der Waals surface area (Å²) in [5.74, 6) is 0.707. The smallest absolute Gasteiger partial charge is 0.222 e. The molecule has 0 bridgehead atoms. The van der Waals surface area contributed by atoms with E-state index in [1.807, 2.05) is 0 Å². The van der Waals surface area contributed by atoms with E-state index in [9.17, 15) is 9.90 Å². The summed E-state index contributed by atoms with van der Waals surface area (Å²) in [6.07, 6.45) is 11.9. The second-order valence-electron chi connectivity index (χ2n) is 8.74. The van der Waals surface area contributed by atoms with E-state index in [4.69, 9.17) is 15.2 Å². The molecule has 1 amide bonds. The Bertz CT molecular complexity index is 563. The molecule has 6 nitrogen and oxygen atoms in total. The molecule has 4 N–H and O–H groups in total. The molecule has 0 aromatic heterocycles. The second-order valence-corrected chi connectivity index (χ2v) is 8.74. The van der Waals surface area contributed by atoms with Crippen molar-refractivity contribution in [2.24, 2.45) is 17.6 Å². The van der Waals surface area contributed by atoms with E-state index in [-0.39, 0.29) is 30.6 Å². The minimum Gasteiger partial charge on any atom is -0.396 e. The molecule has 2 aliphatic heterocycles. The van der Waals surface area contributed by atoms with Gasteiger partial charge in [0.05, 0.1) is 30.8 Å². The SMILES string of the molecule is CC(/C=C/[C@@H]1C[C@H](CO)C[C@@H](CC(=O)NCCN)O1)=C\C[C@@H]1O[C@H](C)CC[C@@H]1C. The van der Waals surface area contributed by atoms with Crippen molar-refractivity contribution in [3.63, 3.8) is 0 Å². The van der Waals surface area contributed by atoms with Crippen LogP contribution in [0.25, 0.3) is 0 Å². The lowest BCUT2D eigenvalue weighted by Crippen LogP contribution is -2.38. The first-order valence-corrected chi connectivity index (χ1v) is 11.1. The minimum atomic E-state index is -0.171. The number of hydrogen-bond acceptors (Lipinski definition) is 5. The van der Waals surface area contributed by atoms with Gasteiger partial charge in [0, 0.05) is 19.7 Å². The lowest BCUT2D eigenvalue weighted by molar-refractivity contribution is -0.127. The minimum absolute atomic E-state index is 0.0475. The van der Waals surface area contributed by atoms with E-state index in [0.717, 1.165) is 19.3 Å². The fourth-order valence-electron chi connectivity index (χ4n) is 4.15. The van der Waals surface area contributed by atoms with Crippen molar-refractivity contribution in [3.05, 3.63) is 23.8 Å². The molecule has 0 saturated carbocycles. The molecule has 2 fully saturated rings. The molecule has 0 aromatic carbocycles. The number of aliphatic hydroxyl groups excluding tert-OH is 1. The predicted molar refractivity (Wildman–Crippen MR) is 115 cm³/mol. The van der Waals surface area contributed by atoms with Gasteiger partial charge in [0.1, 0.15) is 0 Å². The van der Waals surface area contributed by atoms with Crippen molar-refractivity contribution < 1.29 is 19.4 Å². The summed E-state index contributed by atoms with van der Waals surface area (Å²) in [5.41, 5.74) is 6.61. The van der Waals surface area contributed by atoms with Crippen molar-refractivity contribution in [1.82, 2.24) is 5.32 Å². The molecule has 0 unspecified atom stereocenters. The maximum Gasteiger partial charge on any atom is 0.222 e. The first-order chi connectivity index (χ1) is 13.9. The molecule has 2 saturated heterocycles. The van der Waals surface area contributed by atoms with Crippen LogP contribution >= 0.6 is 0 Å². The van der Waals surface area contributed by atoms with Crippen LogP contribution in [0.5, 0.6) is 0 Å². The molecule has 166 valence electrons. The highest BCUT2D eigenvalue weighted by Gasteiger charge is 2.29. The maximum atomic E-state index is 12.0. The van der Waals surface area contributed by atoms with E-state index in [0.29, 0.717) is 44.1 Å². The third kappa shape index (κ3) is 8.59. The van der Waals surface area contributed by atoms with E-state index in [2.05, 4.69) is 44.3 Å². The molecule has 0 spiro atoms. The Morgan fingerprint density at radius 1 is 1.24 bits per heavy atom. The van der Waals surface area contributed by atoms with Gasteiger partial charge in [0.25, 0.3) is 0 Å². The predicted octanol–water partition coefficient (Wildman–Crippen LogP) is 2.70. The van der Waals surface area contributed by atoms with Gasteiger partial charge in [-0.1, -0.05) is 30.7 Å². The number of carbonyl (C=O) groups excluding carboxylic acids is 1. The maximum absolute atomic E-state index is 12.0. The summed E-state index contributed by atoms with van der Waals surface area (Å²) in [6.45, 7) is 7.54. The number of amides is 1. The molecule has 29 heavy (non-hydrogen) atoms. The number of nitrogens with two attached hydrogens (primary N) is 1. The van der Waals surface area contributed by atoms with Crippen LogP contribution in [0.4, 0.5) is 0 Å². The highest BCUT2D eigenvalue weighted by Crippen LogP contribution is 2.29. The summed E-state index contributed by atoms with van der Waals surface area (Å²) in [7, 11) is 0. The summed E-state index contributed by atoms with van der Waals surface area (Å²) in [6, 6.07) is 0. The number of allylic oxidation sites excluding steroid dienone is 2. The van der Waals surface area contributed by atoms with Gasteiger partial charge in [-0.25, -0.2) is 0 Å². The van der Waals surface area contributed by atoms with Gasteiger partial charge >= 0.3 is 0 Å². The van der Waals surface area contributed by atoms with Gasteiger partial charge in [0.2, 0.25) is 5.91 Å². The Hall–Kier alpha value is -1.21. The molecule has 6 atom stereocenters. The standard InChI is InChI=1S/C23H40N2O4/c1-16(5-9-22-17(2)6-7-18(3)28-22)4-8-20-12-19(15-26)13-21(29-20)14-23(27)25-11-10-24/h4-5,8,17-22,26H,6-7,9-15,24H2,1-3H3,(H,25,27)/b8-4+,16-5+/t17-,18+,19-,20+,21-,22-/m0/s1. The highest BCUT2D eigenvalue weighted by molar-refractivity contribution is 5.76. The number of aliphatic hydroxyl groups is 1. The zero-order valence-corrected chi connectivity index (χ0v) is 18.3. The van der Waals surface area contributed by atoms with E-state index in [1.54, 1.807) is 0 Å². The average molecular weight is 409 g/mol. The van der Waals surface area contributed by atoms with Crippen LogP contribution in [0.1, 0.15) is 59.3 Å². The fourth-order valence-corrected chi connectivity index (χ4v) is 4.15. The first-order valence-electron chi connectivity index (χ1n) is 11.1. The van der Waals surface area contributed by atoms with Crippen LogP contribution in [-0.2, 0) is 14.3 Å². The summed E-state index contributed by atoms with van der Waals surface area (Å²) < 4.78 is 12.2. The zero-order chi connectivity index (χ0) is 21.2. The van der Waals surface area contributed by atoms with Crippen LogP contribution in [0, 0.1) is 11.8 Å². The van der Waals surface area contributed by atoms with Crippen molar-refractivity contribution >= 4 is 5.91 Å². The second kappa shape index (κ2) is 12.5. The number of nitrogens with one attached hydrogen (secondary N) is 1. The number of ether oxygens (including phenoxy) is 2. The normalized spacial score (nSPS) is 33.8. The molecule has 0 radical (unpaired) electrons. The first kappa shape index (κ1) is 24.1. The third-order valence-corrected chi connectivity index (χ3v) is 5.98. The molecular formula is C23H40N2O4. The van der Waals surface area contributed by atoms with Gasteiger partial charge in [-0.15, -0.1) is 0 Å². The lowest BCUT2D eigenvalue weighted by Gasteiger charge is -2.33. The summed E-state index contributed by atoms with van der Waals surface area (Å²) in [5, 5.41) is 12.4. The van der Waals surface area contributed by atoms with Crippen molar-refractivity contribution in [2.75, 3.05) is 19.7 Å². The fraction of sp³-hybridized carbons (Fsp3) is 0.783. The van der Waals surface area contributed by atoms with Gasteiger partial charge in [0.15, 0.2) is 0 Å². The molecule has 0 aliphatic carbocycles. The average Bonchev–Trinajstić information content (AvgIpc) is 2.71. The molecule has 2 rings (SSSR count). The van der Waals surface area contributed by atoms with Gasteiger partial charge < -0.3 is 25.6 Å². The zero-order valence-electron chi connectivity index (χ0n) is 18.3. The Balaban J connectivity index is 1.87. The summed E-state index contributed by atoms with van der Waals surface area (Å²) in [4.78, 5) is 12.0. The van der Waals surface area contributed by atoms with Gasteiger partial charge in [-0.05, 0) is 57.8 Å². The van der Waals surface area contributed by atoms with Crippen LogP contribution in [0.2, 0.25) is 0 Å². The van der Waals surface area contributed by atoms with Crippen molar-refractivity contribution in [2.45, 2.75) is 83.7 Å². The number of hydrogen-bond donors (Lipinski definition) is 3. The largest absolute Gasteiger partial charge is 0.396 e. The quantitative estimate of drug-likeness (QED) is 0.510. The summed E-state index contributed by atoms with van der Waals surface area (Å²) >= 11 is 0. The molecule has 0 aromatic rings. The Morgan fingerprint density at radius 2 is 2.03 bits per heavy atom. The monoisotopic (exact) mass is 408 g/mol.